The Labute approximate surface area is 479 Å². The van der Waals surface area contributed by atoms with E-state index in [1.807, 2.05) is 60.7 Å². The number of ether oxygens (including phenoxy) is 4. The van der Waals surface area contributed by atoms with Gasteiger partial charge in [-0.15, -0.1) is 0 Å². The van der Waals surface area contributed by atoms with Crippen LogP contribution < -0.4 is 30.7 Å². The molecule has 0 aromatic heterocycles. The minimum atomic E-state index is -1.14. The normalized spacial score (nSPS) is 12.6. The van der Waals surface area contributed by atoms with E-state index in [1.165, 1.54) is 6.07 Å². The summed E-state index contributed by atoms with van der Waals surface area (Å²) in [6, 6.07) is 27.1. The highest BCUT2D eigenvalue weighted by Crippen LogP contribution is 2.25. The average molecular weight is 1150 g/mol. The summed E-state index contributed by atoms with van der Waals surface area (Å²) in [5, 5.41) is 29.5. The van der Waals surface area contributed by atoms with E-state index in [4.69, 9.17) is 52.4 Å². The number of aliphatic hydroxyl groups is 1. The van der Waals surface area contributed by atoms with Crippen LogP contribution in [0.5, 0.6) is 11.5 Å². The van der Waals surface area contributed by atoms with E-state index in [-0.39, 0.29) is 74.1 Å². The summed E-state index contributed by atoms with van der Waals surface area (Å²) in [5.41, 5.74) is 1.68. The van der Waals surface area contributed by atoms with Crippen molar-refractivity contribution in [3.05, 3.63) is 129 Å². The third-order valence-corrected chi connectivity index (χ3v) is 12.2. The number of carbonyl (C=O) groups is 8. The second kappa shape index (κ2) is 34.2. The van der Waals surface area contributed by atoms with Gasteiger partial charge in [0.2, 0.25) is 11.8 Å². The Hall–Kier alpha value is -7.02. The summed E-state index contributed by atoms with van der Waals surface area (Å²) in [4.78, 5) is 99.9. The molecule has 0 aliphatic carbocycles. The zero-order valence-corrected chi connectivity index (χ0v) is 48.5. The van der Waals surface area contributed by atoms with Crippen molar-refractivity contribution in [1.29, 1.82) is 0 Å². The van der Waals surface area contributed by atoms with Gasteiger partial charge in [-0.2, -0.15) is 0 Å². The lowest BCUT2D eigenvalue weighted by atomic mass is 9.95. The van der Waals surface area contributed by atoms with Crippen molar-refractivity contribution in [2.24, 2.45) is 11.8 Å². The first-order valence-corrected chi connectivity index (χ1v) is 27.3. The maximum Gasteiger partial charge on any atom is 0.408 e. The molecule has 0 fully saturated rings. The van der Waals surface area contributed by atoms with Gasteiger partial charge >= 0.3 is 18.2 Å². The number of aliphatic carboxylic acids is 1. The third kappa shape index (κ3) is 27.7. The molecule has 20 heteroatoms. The van der Waals surface area contributed by atoms with Crippen molar-refractivity contribution in [2.75, 3.05) is 19.8 Å². The minimum absolute atomic E-state index is 0.0282. The number of aliphatic hydroxyl groups excluding tert-OH is 1. The van der Waals surface area contributed by atoms with Crippen molar-refractivity contribution in [3.8, 4) is 11.5 Å². The molecule has 0 saturated heterocycles. The van der Waals surface area contributed by atoms with Crippen molar-refractivity contribution >= 4 is 70.5 Å². The molecule has 436 valence electrons. The molecule has 4 aromatic carbocycles. The summed E-state index contributed by atoms with van der Waals surface area (Å²) in [7, 11) is 0. The van der Waals surface area contributed by atoms with Gasteiger partial charge < -0.3 is 50.4 Å². The molecule has 18 nitrogen and oxygen atoms in total. The molecule has 0 saturated carbocycles. The fourth-order valence-electron chi connectivity index (χ4n) is 7.68. The van der Waals surface area contributed by atoms with E-state index >= 15 is 0 Å². The minimum Gasteiger partial charge on any atom is -0.485 e. The zero-order valence-electron chi connectivity index (χ0n) is 47.0. The molecule has 4 amide bonds. The lowest BCUT2D eigenvalue weighted by Gasteiger charge is -2.24. The number of rotatable bonds is 30. The number of alkyl carbamates (subject to hydrolysis) is 2. The Morgan fingerprint density at radius 1 is 0.562 bits per heavy atom. The molecule has 4 aromatic rings. The first-order chi connectivity index (χ1) is 37.7. The van der Waals surface area contributed by atoms with Crippen molar-refractivity contribution < 1.29 is 67.5 Å². The van der Waals surface area contributed by atoms with Gasteiger partial charge in [-0.05, 0) is 128 Å². The van der Waals surface area contributed by atoms with E-state index in [0.29, 0.717) is 71.9 Å². The standard InChI is InChI=1S/C32H43ClN2O7.C28H35ClN2O7/c1-22(18-28(38)27(35-31(40)42-32(2,3)4)15-13-23-10-6-5-7-11-23)30(39)34-20-24-19-25(33)14-16-29(24)41-21-26(37)12-8-9-17-36;1-18(26(35)30-16-20-15-21(29)11-13-24(20)37-17-25(33)34)14-23(32)22(31-27(36)38-28(2,3)4)12-10-19-8-6-5-7-9-19/h5-7,10-11,14,16,19,22,27,36H,8-9,12-13,15,17-18,20-21H2,1-4H3,(H,34,39)(H,35,40);5-9,11,13,15,18,22H,10,12,14,16-17H2,1-4H3,(H,30,35)(H,31,36)(H,33,34)/t22-,27-;18-,22-/m11/s1. The number of hydrogen-bond acceptors (Lipinski definition) is 13. The Morgan fingerprint density at radius 3 is 1.34 bits per heavy atom. The summed E-state index contributed by atoms with van der Waals surface area (Å²) in [6.45, 7) is 13.2. The number of nitrogens with one attached hydrogen (secondary N) is 4. The number of unbranched alkanes of at least 4 members (excludes halogenated alkanes) is 1. The smallest absolute Gasteiger partial charge is 0.408 e. The third-order valence-electron chi connectivity index (χ3n) is 11.8. The number of benzene rings is 4. The summed E-state index contributed by atoms with van der Waals surface area (Å²) >= 11 is 12.2. The second-order valence-corrected chi connectivity index (χ2v) is 22.1. The lowest BCUT2D eigenvalue weighted by Crippen LogP contribution is -2.44. The largest absolute Gasteiger partial charge is 0.485 e. The van der Waals surface area contributed by atoms with Crippen LogP contribution in [0.4, 0.5) is 9.59 Å². The highest BCUT2D eigenvalue weighted by molar-refractivity contribution is 6.31. The summed E-state index contributed by atoms with van der Waals surface area (Å²) in [5.74, 6) is -3.20. The number of carbonyl (C=O) groups excluding carboxylic acids is 7. The highest BCUT2D eigenvalue weighted by Gasteiger charge is 2.29. The molecule has 0 unspecified atom stereocenters. The predicted octanol–water partition coefficient (Wildman–Crippen LogP) is 9.73. The van der Waals surface area contributed by atoms with E-state index in [9.17, 15) is 38.4 Å². The maximum atomic E-state index is 13.3. The van der Waals surface area contributed by atoms with E-state index < -0.39 is 59.9 Å². The molecular formula is C60H78Cl2N4O14. The average Bonchev–Trinajstić information content (AvgIpc) is 3.38. The van der Waals surface area contributed by atoms with Crippen LogP contribution in [0, 0.1) is 11.8 Å². The number of hydrogen-bond donors (Lipinski definition) is 6. The second-order valence-electron chi connectivity index (χ2n) is 21.2. The monoisotopic (exact) mass is 1150 g/mol. The molecule has 4 atom stereocenters. The molecule has 6 N–H and O–H groups in total. The van der Waals surface area contributed by atoms with Gasteiger partial charge in [0.05, 0.1) is 12.1 Å². The van der Waals surface area contributed by atoms with Gasteiger partial charge in [0.1, 0.15) is 29.3 Å². The molecule has 4 rings (SSSR count). The number of halogens is 2. The van der Waals surface area contributed by atoms with Crippen LogP contribution in [0.25, 0.3) is 0 Å². The molecule has 0 bridgehead atoms. The Morgan fingerprint density at radius 2 is 0.963 bits per heavy atom. The molecular weight excluding hydrogens is 1070 g/mol. The number of aryl methyl sites for hydroxylation is 2. The van der Waals surface area contributed by atoms with Crippen LogP contribution in [0.1, 0.15) is 123 Å². The van der Waals surface area contributed by atoms with Gasteiger partial charge in [-0.25, -0.2) is 14.4 Å². The number of amides is 4. The van der Waals surface area contributed by atoms with Crippen LogP contribution in [0.3, 0.4) is 0 Å². The van der Waals surface area contributed by atoms with Crippen LogP contribution in [-0.4, -0.2) is 101 Å². The molecule has 0 aliphatic heterocycles. The van der Waals surface area contributed by atoms with Gasteiger partial charge in [0.15, 0.2) is 24.0 Å². The topological polar surface area (TPSA) is 262 Å². The summed E-state index contributed by atoms with van der Waals surface area (Å²) in [6.07, 6.45) is 1.71. The molecule has 0 heterocycles. The van der Waals surface area contributed by atoms with Crippen LogP contribution in [-0.2, 0) is 64.2 Å². The first kappa shape index (κ1) is 67.3. The van der Waals surface area contributed by atoms with Crippen LogP contribution in [0.15, 0.2) is 97.1 Å². The maximum absolute atomic E-state index is 13.3. The zero-order chi connectivity index (χ0) is 59.4. The lowest BCUT2D eigenvalue weighted by molar-refractivity contribution is -0.139. The predicted molar refractivity (Wildman–Crippen MR) is 305 cm³/mol. The Bertz CT molecular complexity index is 2660. The van der Waals surface area contributed by atoms with Crippen molar-refractivity contribution in [1.82, 2.24) is 21.3 Å². The van der Waals surface area contributed by atoms with E-state index in [2.05, 4.69) is 21.3 Å². The highest BCUT2D eigenvalue weighted by atomic mass is 35.5. The van der Waals surface area contributed by atoms with E-state index in [0.717, 1.165) is 11.1 Å². The molecule has 80 heavy (non-hydrogen) atoms. The number of carboxylic acids is 1. The SMILES string of the molecule is C[C@H](CC(=O)[C@@H](CCc1ccccc1)NC(=O)OC(C)(C)C)C(=O)NCc1cc(Cl)ccc1OCC(=O)CCCCO.C[C@H](CC(=O)[C@@H](CCc1ccccc1)NC(=O)OC(C)(C)C)C(=O)NCc1cc(Cl)ccc1OCC(=O)O. The quantitative estimate of drug-likeness (QED) is 0.0266. The van der Waals surface area contributed by atoms with Gasteiger partial charge in [-0.1, -0.05) is 97.7 Å². The molecule has 0 aliphatic rings. The Balaban J connectivity index is 0.000000422. The molecule has 0 spiro atoms. The van der Waals surface area contributed by atoms with Gasteiger partial charge in [0, 0.05) is 72.0 Å². The number of Topliss-reactive ketones (excluding diaryl/α,β-unsaturated/α-hetero) is 3. The van der Waals surface area contributed by atoms with Crippen molar-refractivity contribution in [3.63, 3.8) is 0 Å². The van der Waals surface area contributed by atoms with Gasteiger partial charge in [-0.3, -0.25) is 24.0 Å². The number of ketones is 3. The molecule has 0 radical (unpaired) electrons. The van der Waals surface area contributed by atoms with Crippen LogP contribution >= 0.6 is 23.2 Å². The first-order valence-electron chi connectivity index (χ1n) is 26.6. The van der Waals surface area contributed by atoms with Crippen molar-refractivity contribution in [2.45, 2.75) is 150 Å². The fourth-order valence-corrected chi connectivity index (χ4v) is 8.07. The van der Waals surface area contributed by atoms with Crippen LogP contribution in [0.2, 0.25) is 10.0 Å². The summed E-state index contributed by atoms with van der Waals surface area (Å²) < 4.78 is 21.6. The van der Waals surface area contributed by atoms with E-state index in [1.54, 1.807) is 85.7 Å². The Kier molecular flexibility index (Phi) is 28.7. The van der Waals surface area contributed by atoms with Gasteiger partial charge in [0.25, 0.3) is 0 Å². The number of carboxylic acid groups (broad SMARTS) is 1. The fraction of sp³-hybridized carbons (Fsp3) is 0.467.